The normalized spacial score (nSPS) is 43.7. The monoisotopic (exact) mass is 256 g/mol. The van der Waals surface area contributed by atoms with Crippen LogP contribution in [0.2, 0.25) is 0 Å². The van der Waals surface area contributed by atoms with Crippen LogP contribution >= 0.6 is 0 Å². The molecule has 1 N–H and O–H groups in total. The second kappa shape index (κ2) is 3.85. The van der Waals surface area contributed by atoms with Gasteiger partial charge in [-0.25, -0.2) is 0 Å². The number of fused-ring (bicyclic) bond motifs is 5. The highest BCUT2D eigenvalue weighted by Gasteiger charge is 2.61. The first-order chi connectivity index (χ1) is 9.11. The highest BCUT2D eigenvalue weighted by Crippen LogP contribution is 2.65. The molecule has 5 atom stereocenters. The number of aryl methyl sites for hydroxylation is 1. The van der Waals surface area contributed by atoms with Crippen LogP contribution in [-0.4, -0.2) is 5.11 Å². The fraction of sp³-hybridized carbons (Fsp3) is 0.667. The highest BCUT2D eigenvalue weighted by molar-refractivity contribution is 5.39. The van der Waals surface area contributed by atoms with Crippen LogP contribution in [0.3, 0.4) is 0 Å². The van der Waals surface area contributed by atoms with Gasteiger partial charge in [-0.1, -0.05) is 24.6 Å². The van der Waals surface area contributed by atoms with Gasteiger partial charge in [-0.05, 0) is 79.9 Å². The molecule has 0 spiro atoms. The Bertz CT molecular complexity index is 520. The van der Waals surface area contributed by atoms with Gasteiger partial charge in [-0.2, -0.15) is 0 Å². The van der Waals surface area contributed by atoms with Crippen LogP contribution in [-0.2, 0) is 5.60 Å². The Morgan fingerprint density at radius 2 is 1.95 bits per heavy atom. The van der Waals surface area contributed by atoms with E-state index in [2.05, 4.69) is 32.0 Å². The lowest BCUT2D eigenvalue weighted by molar-refractivity contribution is -0.0517. The predicted molar refractivity (Wildman–Crippen MR) is 76.9 cm³/mol. The van der Waals surface area contributed by atoms with E-state index < -0.39 is 5.60 Å². The molecule has 0 aromatic heterocycles. The van der Waals surface area contributed by atoms with E-state index in [0.717, 1.165) is 24.2 Å². The van der Waals surface area contributed by atoms with Gasteiger partial charge >= 0.3 is 0 Å². The van der Waals surface area contributed by atoms with Gasteiger partial charge in [0.2, 0.25) is 0 Å². The molecule has 0 saturated heterocycles. The molecule has 19 heavy (non-hydrogen) atoms. The summed E-state index contributed by atoms with van der Waals surface area (Å²) in [6.07, 6.45) is 6.47. The Hall–Kier alpha value is -0.820. The molecule has 102 valence electrons. The topological polar surface area (TPSA) is 20.2 Å². The molecule has 4 rings (SSSR count). The molecule has 1 aromatic carbocycles. The Morgan fingerprint density at radius 1 is 1.16 bits per heavy atom. The zero-order chi connectivity index (χ0) is 13.2. The van der Waals surface area contributed by atoms with Gasteiger partial charge in [-0.15, -0.1) is 0 Å². The van der Waals surface area contributed by atoms with E-state index in [4.69, 9.17) is 0 Å². The molecular formula is C18H24O. The molecule has 1 nitrogen and oxygen atoms in total. The quantitative estimate of drug-likeness (QED) is 0.806. The van der Waals surface area contributed by atoms with Crippen molar-refractivity contribution in [3.63, 3.8) is 0 Å². The minimum absolute atomic E-state index is 0.522. The molecule has 1 heteroatoms. The average molecular weight is 256 g/mol. The van der Waals surface area contributed by atoms with Crippen molar-refractivity contribution in [2.24, 2.45) is 23.7 Å². The maximum atomic E-state index is 11.4. The summed E-state index contributed by atoms with van der Waals surface area (Å²) in [5, 5.41) is 11.4. The van der Waals surface area contributed by atoms with Crippen molar-refractivity contribution in [1.29, 1.82) is 0 Å². The van der Waals surface area contributed by atoms with Crippen LogP contribution in [0.4, 0.5) is 0 Å². The first-order valence-corrected chi connectivity index (χ1v) is 7.90. The predicted octanol–water partition coefficient (Wildman–Crippen LogP) is 3.95. The van der Waals surface area contributed by atoms with Gasteiger partial charge in [0.25, 0.3) is 0 Å². The van der Waals surface area contributed by atoms with Gasteiger partial charge in [0.15, 0.2) is 0 Å². The smallest absolute Gasteiger partial charge is 0.0932 e. The molecule has 0 radical (unpaired) electrons. The largest absolute Gasteiger partial charge is 0.385 e. The highest BCUT2D eigenvalue weighted by atomic mass is 16.3. The maximum absolute atomic E-state index is 11.4. The van der Waals surface area contributed by atoms with E-state index in [0.29, 0.717) is 5.92 Å². The van der Waals surface area contributed by atoms with E-state index in [-0.39, 0.29) is 0 Å². The Morgan fingerprint density at radius 3 is 2.79 bits per heavy atom. The first kappa shape index (κ1) is 12.0. The summed E-state index contributed by atoms with van der Waals surface area (Å²) in [5.41, 5.74) is 3.33. The molecule has 5 unspecified atom stereocenters. The first-order valence-electron chi connectivity index (χ1n) is 7.90. The van der Waals surface area contributed by atoms with Crippen molar-refractivity contribution in [3.8, 4) is 0 Å². The summed E-state index contributed by atoms with van der Waals surface area (Å²) in [5.74, 6) is 3.08. The molecule has 3 aliphatic rings. The van der Waals surface area contributed by atoms with Crippen molar-refractivity contribution in [2.75, 3.05) is 0 Å². The molecular weight excluding hydrogens is 232 g/mol. The lowest BCUT2D eigenvalue weighted by Gasteiger charge is -2.40. The van der Waals surface area contributed by atoms with Crippen LogP contribution in [0, 0.1) is 37.5 Å². The Kier molecular flexibility index (Phi) is 2.42. The van der Waals surface area contributed by atoms with Gasteiger partial charge in [0, 0.05) is 0 Å². The van der Waals surface area contributed by atoms with Crippen molar-refractivity contribution in [1.82, 2.24) is 0 Å². The fourth-order valence-electron chi connectivity index (χ4n) is 5.64. The Balaban J connectivity index is 1.77. The van der Waals surface area contributed by atoms with Crippen molar-refractivity contribution >= 4 is 0 Å². The van der Waals surface area contributed by atoms with Gasteiger partial charge < -0.3 is 5.11 Å². The zero-order valence-electron chi connectivity index (χ0n) is 12.0. The molecule has 2 bridgehead atoms. The summed E-state index contributed by atoms with van der Waals surface area (Å²) in [6.45, 7) is 4.34. The number of aliphatic hydroxyl groups is 1. The van der Waals surface area contributed by atoms with E-state index in [9.17, 15) is 5.11 Å². The van der Waals surface area contributed by atoms with Crippen molar-refractivity contribution in [3.05, 3.63) is 34.9 Å². The second-order valence-electron chi connectivity index (χ2n) is 7.24. The fourth-order valence-corrected chi connectivity index (χ4v) is 5.64. The minimum atomic E-state index is -0.522. The summed E-state index contributed by atoms with van der Waals surface area (Å²) >= 11 is 0. The number of hydrogen-bond donors (Lipinski definition) is 1. The standard InChI is InChI=1S/C18H24O/c1-11-5-3-8-16(12(11)2)18(19)10-13-9-17(18)15-7-4-6-14(13)15/h3,5,8,13-15,17,19H,4,6-7,9-10H2,1-2H3. The average Bonchev–Trinajstić information content (AvgIpc) is 3.03. The molecule has 3 aliphatic carbocycles. The van der Waals surface area contributed by atoms with Crippen LogP contribution in [0.15, 0.2) is 18.2 Å². The van der Waals surface area contributed by atoms with E-state index in [1.165, 1.54) is 42.4 Å². The zero-order valence-corrected chi connectivity index (χ0v) is 12.0. The number of rotatable bonds is 1. The third-order valence-corrected chi connectivity index (χ3v) is 6.56. The molecule has 3 saturated carbocycles. The van der Waals surface area contributed by atoms with Gasteiger partial charge in [0.05, 0.1) is 5.60 Å². The van der Waals surface area contributed by atoms with Crippen molar-refractivity contribution in [2.45, 2.75) is 51.6 Å². The molecule has 0 heterocycles. The van der Waals surface area contributed by atoms with E-state index in [1.54, 1.807) is 0 Å². The molecule has 1 aromatic rings. The SMILES string of the molecule is Cc1cccc(C2(O)CC3CC2C2CCCC32)c1C. The number of hydrogen-bond acceptors (Lipinski definition) is 1. The van der Waals surface area contributed by atoms with Gasteiger partial charge in [-0.3, -0.25) is 0 Å². The minimum Gasteiger partial charge on any atom is -0.385 e. The van der Waals surface area contributed by atoms with E-state index >= 15 is 0 Å². The molecule has 0 amide bonds. The third kappa shape index (κ3) is 1.45. The summed E-state index contributed by atoms with van der Waals surface area (Å²) in [7, 11) is 0. The molecule has 3 fully saturated rings. The van der Waals surface area contributed by atoms with Crippen LogP contribution in [0.5, 0.6) is 0 Å². The second-order valence-corrected chi connectivity index (χ2v) is 7.24. The maximum Gasteiger partial charge on any atom is 0.0932 e. The van der Waals surface area contributed by atoms with Gasteiger partial charge in [0.1, 0.15) is 0 Å². The number of benzene rings is 1. The lowest BCUT2D eigenvalue weighted by Crippen LogP contribution is -2.39. The van der Waals surface area contributed by atoms with Crippen molar-refractivity contribution < 1.29 is 5.11 Å². The van der Waals surface area contributed by atoms with E-state index in [1.807, 2.05) is 0 Å². The van der Waals surface area contributed by atoms with Crippen LogP contribution < -0.4 is 0 Å². The summed E-state index contributed by atoms with van der Waals surface area (Å²) < 4.78 is 0. The van der Waals surface area contributed by atoms with Crippen LogP contribution in [0.25, 0.3) is 0 Å². The molecule has 0 aliphatic heterocycles. The summed E-state index contributed by atoms with van der Waals surface area (Å²) in [6, 6.07) is 6.45. The third-order valence-electron chi connectivity index (χ3n) is 6.56. The van der Waals surface area contributed by atoms with Crippen LogP contribution in [0.1, 0.15) is 48.8 Å². The lowest BCUT2D eigenvalue weighted by atomic mass is 9.69. The summed E-state index contributed by atoms with van der Waals surface area (Å²) in [4.78, 5) is 0. The Labute approximate surface area is 116 Å².